The molecule has 0 atom stereocenters. The van der Waals surface area contributed by atoms with Crippen LogP contribution in [0, 0.1) is 5.41 Å². The molecule has 0 aromatic carbocycles. The van der Waals surface area contributed by atoms with Crippen LogP contribution >= 0.6 is 15.9 Å². The Labute approximate surface area is 125 Å². The van der Waals surface area contributed by atoms with Gasteiger partial charge in [-0.15, -0.1) is 6.58 Å². The van der Waals surface area contributed by atoms with Gasteiger partial charge in [0.25, 0.3) is 0 Å². The van der Waals surface area contributed by atoms with Gasteiger partial charge in [0.05, 0.1) is 38.4 Å². The van der Waals surface area contributed by atoms with Crippen molar-refractivity contribution in [2.45, 2.75) is 32.1 Å². The first-order chi connectivity index (χ1) is 9.33. The molecule has 1 heterocycles. The Bertz CT molecular complexity index is 229. The van der Waals surface area contributed by atoms with Crippen LogP contribution in [0.5, 0.6) is 0 Å². The minimum Gasteiger partial charge on any atom is -0.381 e. The van der Waals surface area contributed by atoms with E-state index in [0.29, 0.717) is 13.2 Å². The van der Waals surface area contributed by atoms with Gasteiger partial charge in [-0.25, -0.2) is 0 Å². The third kappa shape index (κ3) is 7.45. The monoisotopic (exact) mass is 334 g/mol. The number of hydrogen-bond donors (Lipinski definition) is 0. The van der Waals surface area contributed by atoms with Gasteiger partial charge in [-0.05, 0) is 12.8 Å². The first-order valence-electron chi connectivity index (χ1n) is 7.23. The van der Waals surface area contributed by atoms with Crippen molar-refractivity contribution in [3.05, 3.63) is 12.7 Å². The van der Waals surface area contributed by atoms with E-state index in [0.717, 1.165) is 38.2 Å². The summed E-state index contributed by atoms with van der Waals surface area (Å²) >= 11 is 3.45. The van der Waals surface area contributed by atoms with E-state index >= 15 is 0 Å². The molecule has 1 saturated heterocycles. The Kier molecular flexibility index (Phi) is 9.78. The highest BCUT2D eigenvalue weighted by Crippen LogP contribution is 2.28. The Morgan fingerprint density at radius 2 is 1.74 bits per heavy atom. The van der Waals surface area contributed by atoms with Crippen LogP contribution in [0.3, 0.4) is 0 Å². The summed E-state index contributed by atoms with van der Waals surface area (Å²) in [5.41, 5.74) is 0.0962. The lowest BCUT2D eigenvalue weighted by Crippen LogP contribution is -2.49. The van der Waals surface area contributed by atoms with Gasteiger partial charge < -0.3 is 14.2 Å². The van der Waals surface area contributed by atoms with E-state index < -0.39 is 0 Å². The van der Waals surface area contributed by atoms with Gasteiger partial charge in [0.1, 0.15) is 0 Å². The summed E-state index contributed by atoms with van der Waals surface area (Å²) in [7, 11) is 0. The fourth-order valence-electron chi connectivity index (χ4n) is 2.08. The van der Waals surface area contributed by atoms with Crippen molar-refractivity contribution in [1.29, 1.82) is 0 Å². The molecule has 0 aromatic heterocycles. The third-order valence-corrected chi connectivity index (χ3v) is 3.85. The summed E-state index contributed by atoms with van der Waals surface area (Å²) in [6.45, 7) is 8.10. The number of hydrogen-bond acceptors (Lipinski definition) is 3. The zero-order chi connectivity index (χ0) is 13.8. The van der Waals surface area contributed by atoms with Crippen molar-refractivity contribution >= 4 is 15.9 Å². The molecule has 0 radical (unpaired) electrons. The van der Waals surface area contributed by atoms with Crippen molar-refractivity contribution in [2.75, 3.05) is 45.0 Å². The topological polar surface area (TPSA) is 27.7 Å². The average Bonchev–Trinajstić information content (AvgIpc) is 2.38. The molecule has 0 bridgehead atoms. The van der Waals surface area contributed by atoms with Crippen molar-refractivity contribution in [3.8, 4) is 0 Å². The molecular formula is C15H27BrO3. The maximum Gasteiger partial charge on any atom is 0.0645 e. The Hall–Kier alpha value is 0.100. The molecule has 0 aliphatic carbocycles. The molecule has 1 rings (SSSR count). The number of unbranched alkanes of at least 4 members (excludes halogenated alkanes) is 4. The highest BCUT2D eigenvalue weighted by molar-refractivity contribution is 9.09. The van der Waals surface area contributed by atoms with Gasteiger partial charge in [0, 0.05) is 11.9 Å². The Balaban J connectivity index is 1.95. The molecule has 112 valence electrons. The van der Waals surface area contributed by atoms with Crippen LogP contribution < -0.4 is 0 Å². The van der Waals surface area contributed by atoms with E-state index in [-0.39, 0.29) is 5.41 Å². The molecule has 0 unspecified atom stereocenters. The van der Waals surface area contributed by atoms with Gasteiger partial charge in [0.2, 0.25) is 0 Å². The highest BCUT2D eigenvalue weighted by Gasteiger charge is 2.39. The first kappa shape index (κ1) is 17.2. The van der Waals surface area contributed by atoms with Gasteiger partial charge in [0.15, 0.2) is 0 Å². The van der Waals surface area contributed by atoms with E-state index in [1.54, 1.807) is 6.08 Å². The molecule has 4 heteroatoms. The molecule has 1 aliphatic rings. The second kappa shape index (κ2) is 10.8. The van der Waals surface area contributed by atoms with Gasteiger partial charge in [-0.2, -0.15) is 0 Å². The van der Waals surface area contributed by atoms with Crippen LogP contribution in [0.4, 0.5) is 0 Å². The van der Waals surface area contributed by atoms with Crippen molar-refractivity contribution in [2.24, 2.45) is 5.41 Å². The number of halogens is 1. The van der Waals surface area contributed by atoms with E-state index in [4.69, 9.17) is 14.2 Å². The lowest BCUT2D eigenvalue weighted by Gasteiger charge is -2.40. The zero-order valence-electron chi connectivity index (χ0n) is 11.9. The standard InChI is InChI=1S/C15H27BrO3/c1-2-9-17-11-15(13-19-14-15)12-18-10-7-5-3-4-6-8-16/h2H,1,3-14H2. The third-order valence-electron chi connectivity index (χ3n) is 3.29. The lowest BCUT2D eigenvalue weighted by atomic mass is 9.88. The fourth-order valence-corrected chi connectivity index (χ4v) is 2.47. The molecule has 0 spiro atoms. The molecule has 1 aliphatic heterocycles. The maximum absolute atomic E-state index is 5.78. The van der Waals surface area contributed by atoms with Crippen LogP contribution in [0.15, 0.2) is 12.7 Å². The summed E-state index contributed by atoms with van der Waals surface area (Å²) in [5.74, 6) is 0. The summed E-state index contributed by atoms with van der Waals surface area (Å²) in [4.78, 5) is 0. The van der Waals surface area contributed by atoms with Crippen LogP contribution in [0.1, 0.15) is 32.1 Å². The predicted molar refractivity (Wildman–Crippen MR) is 82.0 cm³/mol. The zero-order valence-corrected chi connectivity index (χ0v) is 13.5. The van der Waals surface area contributed by atoms with E-state index in [9.17, 15) is 0 Å². The van der Waals surface area contributed by atoms with E-state index in [1.807, 2.05) is 0 Å². The van der Waals surface area contributed by atoms with Crippen molar-refractivity contribution in [3.63, 3.8) is 0 Å². The first-order valence-corrected chi connectivity index (χ1v) is 8.35. The van der Waals surface area contributed by atoms with Crippen LogP contribution in [-0.2, 0) is 14.2 Å². The Morgan fingerprint density at radius 1 is 1.05 bits per heavy atom. The summed E-state index contributed by atoms with van der Waals surface area (Å²) in [6.07, 6.45) is 8.11. The summed E-state index contributed by atoms with van der Waals surface area (Å²) < 4.78 is 16.6. The second-order valence-corrected chi connectivity index (χ2v) is 6.10. The minimum atomic E-state index is 0.0962. The van der Waals surface area contributed by atoms with Gasteiger partial charge in [-0.1, -0.05) is 41.3 Å². The largest absolute Gasteiger partial charge is 0.381 e. The molecule has 19 heavy (non-hydrogen) atoms. The lowest BCUT2D eigenvalue weighted by molar-refractivity contribution is -0.176. The van der Waals surface area contributed by atoms with E-state index in [1.165, 1.54) is 25.7 Å². The smallest absolute Gasteiger partial charge is 0.0645 e. The molecule has 0 N–H and O–H groups in total. The molecule has 0 amide bonds. The van der Waals surface area contributed by atoms with E-state index in [2.05, 4.69) is 22.5 Å². The molecule has 1 fully saturated rings. The maximum atomic E-state index is 5.78. The Morgan fingerprint density at radius 3 is 2.37 bits per heavy atom. The van der Waals surface area contributed by atoms with Crippen LogP contribution in [0.2, 0.25) is 0 Å². The average molecular weight is 335 g/mol. The molecule has 3 nitrogen and oxygen atoms in total. The number of rotatable bonds is 13. The van der Waals surface area contributed by atoms with Crippen LogP contribution in [-0.4, -0.2) is 45.0 Å². The van der Waals surface area contributed by atoms with Crippen molar-refractivity contribution < 1.29 is 14.2 Å². The van der Waals surface area contributed by atoms with Crippen LogP contribution in [0.25, 0.3) is 0 Å². The van der Waals surface area contributed by atoms with Gasteiger partial charge in [-0.3, -0.25) is 0 Å². The molecule has 0 saturated carbocycles. The number of ether oxygens (including phenoxy) is 3. The van der Waals surface area contributed by atoms with Crippen molar-refractivity contribution in [1.82, 2.24) is 0 Å². The minimum absolute atomic E-state index is 0.0962. The highest BCUT2D eigenvalue weighted by atomic mass is 79.9. The second-order valence-electron chi connectivity index (χ2n) is 5.31. The normalized spacial score (nSPS) is 17.1. The quantitative estimate of drug-likeness (QED) is 0.293. The summed E-state index contributed by atoms with van der Waals surface area (Å²) in [6, 6.07) is 0. The SMILES string of the molecule is C=CCOCC1(COCCCCCCCBr)COC1. The molecular weight excluding hydrogens is 308 g/mol. The fraction of sp³-hybridized carbons (Fsp3) is 0.867. The summed E-state index contributed by atoms with van der Waals surface area (Å²) in [5, 5.41) is 1.12. The van der Waals surface area contributed by atoms with Gasteiger partial charge >= 0.3 is 0 Å². The molecule has 0 aromatic rings. The number of alkyl halides is 1. The predicted octanol–water partition coefficient (Wildman–Crippen LogP) is 3.57.